The van der Waals surface area contributed by atoms with Gasteiger partial charge >= 0.3 is 5.97 Å². The molecule has 1 amide bonds. The first kappa shape index (κ1) is 13.8. The van der Waals surface area contributed by atoms with Crippen LogP contribution in [0.15, 0.2) is 22.7 Å². The molecular weight excluding hydrogens is 314 g/mol. The van der Waals surface area contributed by atoms with Crippen LogP contribution in [-0.2, 0) is 4.79 Å². The largest absolute Gasteiger partial charge is 0.480 e. The van der Waals surface area contributed by atoms with Gasteiger partial charge in [0.15, 0.2) is 0 Å². The van der Waals surface area contributed by atoms with Gasteiger partial charge in [-0.25, -0.2) is 0 Å². The molecule has 1 atom stereocenters. The van der Waals surface area contributed by atoms with E-state index in [1.165, 1.54) is 0 Å². The first-order valence-corrected chi connectivity index (χ1v) is 6.50. The van der Waals surface area contributed by atoms with Crippen LogP contribution < -0.4 is 16.4 Å². The summed E-state index contributed by atoms with van der Waals surface area (Å²) in [6, 6.07) is 5.22. The maximum atomic E-state index is 11.5. The fraction of sp³-hybridized carbons (Fsp3) is 0.333. The first-order chi connectivity index (χ1) is 8.85. The fourth-order valence-electron chi connectivity index (χ4n) is 2.23. The van der Waals surface area contributed by atoms with Crippen molar-refractivity contribution in [3.63, 3.8) is 0 Å². The van der Waals surface area contributed by atoms with Gasteiger partial charge in [0.2, 0.25) is 0 Å². The van der Waals surface area contributed by atoms with Gasteiger partial charge in [-0.15, -0.1) is 0 Å². The van der Waals surface area contributed by atoms with Crippen molar-refractivity contribution in [1.82, 2.24) is 0 Å². The molecule has 1 aromatic carbocycles. The molecule has 7 heteroatoms. The van der Waals surface area contributed by atoms with Crippen LogP contribution >= 0.6 is 15.9 Å². The summed E-state index contributed by atoms with van der Waals surface area (Å²) >= 11 is 3.28. The summed E-state index contributed by atoms with van der Waals surface area (Å²) in [5.41, 5.74) is 10.9. The van der Waals surface area contributed by atoms with Crippen molar-refractivity contribution in [2.45, 2.75) is 12.0 Å². The summed E-state index contributed by atoms with van der Waals surface area (Å²) in [6.45, 7) is 0.624. The lowest BCUT2D eigenvalue weighted by Crippen LogP contribution is -2.50. The predicted octanol–water partition coefficient (Wildman–Crippen LogP) is 0.540. The van der Waals surface area contributed by atoms with Crippen molar-refractivity contribution in [3.8, 4) is 0 Å². The summed E-state index contributed by atoms with van der Waals surface area (Å²) in [6.07, 6.45) is 0.326. The zero-order valence-electron chi connectivity index (χ0n) is 10.1. The number of benzene rings is 1. The Bertz CT molecular complexity index is 549. The Labute approximate surface area is 118 Å². The van der Waals surface area contributed by atoms with E-state index in [9.17, 15) is 9.59 Å². The predicted molar refractivity (Wildman–Crippen MR) is 74.0 cm³/mol. The number of carboxylic acid groups (broad SMARTS) is 1. The molecule has 1 unspecified atom stereocenters. The molecule has 0 bridgehead atoms. The van der Waals surface area contributed by atoms with E-state index < -0.39 is 17.4 Å². The van der Waals surface area contributed by atoms with Crippen LogP contribution in [0.5, 0.6) is 0 Å². The third kappa shape index (κ3) is 2.43. The summed E-state index contributed by atoms with van der Waals surface area (Å²) in [7, 11) is 0. The Kier molecular flexibility index (Phi) is 3.51. The monoisotopic (exact) mass is 327 g/mol. The smallest absolute Gasteiger partial charge is 0.325 e. The number of nitrogens with zero attached hydrogens (tertiary/aromatic N) is 1. The Morgan fingerprint density at radius 1 is 1.42 bits per heavy atom. The molecule has 1 aliphatic heterocycles. The molecule has 1 aromatic rings. The van der Waals surface area contributed by atoms with Gasteiger partial charge in [0.25, 0.3) is 5.91 Å². The molecule has 1 aliphatic rings. The van der Waals surface area contributed by atoms with Crippen molar-refractivity contribution in [1.29, 1.82) is 0 Å². The number of hydrogen-bond acceptors (Lipinski definition) is 4. The van der Waals surface area contributed by atoms with E-state index in [2.05, 4.69) is 15.9 Å². The Morgan fingerprint density at radius 3 is 2.63 bits per heavy atom. The molecule has 1 fully saturated rings. The second kappa shape index (κ2) is 4.82. The molecule has 5 N–H and O–H groups in total. The van der Waals surface area contributed by atoms with E-state index in [1.54, 1.807) is 23.1 Å². The highest BCUT2D eigenvalue weighted by molar-refractivity contribution is 9.10. The molecule has 6 nitrogen and oxygen atoms in total. The summed E-state index contributed by atoms with van der Waals surface area (Å²) < 4.78 is 0.586. The SMILES string of the molecule is NC(=O)c1c(Br)cccc1N1CCC(N)(C(=O)O)C1. The second-order valence-corrected chi connectivity index (χ2v) is 5.49. The maximum absolute atomic E-state index is 11.5. The quantitative estimate of drug-likeness (QED) is 0.750. The molecule has 2 rings (SSSR count). The van der Waals surface area contributed by atoms with E-state index in [0.717, 1.165) is 0 Å². The van der Waals surface area contributed by atoms with Crippen LogP contribution in [0.2, 0.25) is 0 Å². The molecule has 19 heavy (non-hydrogen) atoms. The standard InChI is InChI=1S/C12H14BrN3O3/c13-7-2-1-3-8(9(7)10(14)17)16-5-4-12(15,6-16)11(18)19/h1-3H,4-6,15H2,(H2,14,17)(H,18,19). The molecule has 1 heterocycles. The van der Waals surface area contributed by atoms with Crippen LogP contribution in [0.4, 0.5) is 5.69 Å². The zero-order valence-corrected chi connectivity index (χ0v) is 11.7. The fourth-order valence-corrected chi connectivity index (χ4v) is 2.78. The number of hydrogen-bond donors (Lipinski definition) is 3. The van der Waals surface area contributed by atoms with E-state index in [0.29, 0.717) is 28.7 Å². The van der Waals surface area contributed by atoms with Gasteiger partial charge in [-0.05, 0) is 34.5 Å². The zero-order chi connectivity index (χ0) is 14.2. The van der Waals surface area contributed by atoms with E-state index in [4.69, 9.17) is 16.6 Å². The highest BCUT2D eigenvalue weighted by Crippen LogP contribution is 2.32. The van der Waals surface area contributed by atoms with Gasteiger partial charge in [0.05, 0.1) is 11.3 Å². The average molecular weight is 328 g/mol. The third-order valence-corrected chi connectivity index (χ3v) is 3.97. The number of anilines is 1. The van der Waals surface area contributed by atoms with Gasteiger partial charge in [-0.2, -0.15) is 0 Å². The normalized spacial score (nSPS) is 22.5. The molecule has 1 saturated heterocycles. The van der Waals surface area contributed by atoms with Crippen molar-refractivity contribution >= 4 is 33.5 Å². The number of aliphatic carboxylic acids is 1. The van der Waals surface area contributed by atoms with Gasteiger partial charge < -0.3 is 21.5 Å². The minimum atomic E-state index is -1.28. The van der Waals surface area contributed by atoms with Crippen molar-refractivity contribution in [2.75, 3.05) is 18.0 Å². The van der Waals surface area contributed by atoms with Crippen LogP contribution in [0.3, 0.4) is 0 Å². The van der Waals surface area contributed by atoms with Gasteiger partial charge in [0.1, 0.15) is 5.54 Å². The summed E-state index contributed by atoms with van der Waals surface area (Å²) in [5.74, 6) is -1.60. The average Bonchev–Trinajstić information content (AvgIpc) is 2.72. The lowest BCUT2D eigenvalue weighted by Gasteiger charge is -2.23. The molecule has 102 valence electrons. The van der Waals surface area contributed by atoms with E-state index in [1.807, 2.05) is 0 Å². The Hall–Kier alpha value is -1.60. The third-order valence-electron chi connectivity index (χ3n) is 3.31. The van der Waals surface area contributed by atoms with Crippen molar-refractivity contribution in [3.05, 3.63) is 28.2 Å². The number of carbonyl (C=O) groups is 2. The topological polar surface area (TPSA) is 110 Å². The lowest BCUT2D eigenvalue weighted by molar-refractivity contribution is -0.142. The number of amides is 1. The number of carbonyl (C=O) groups excluding carboxylic acids is 1. The number of nitrogens with two attached hydrogens (primary N) is 2. The summed E-state index contributed by atoms with van der Waals surface area (Å²) in [4.78, 5) is 24.4. The molecular formula is C12H14BrN3O3. The number of primary amides is 1. The highest BCUT2D eigenvalue weighted by atomic mass is 79.9. The molecule has 0 aromatic heterocycles. The van der Waals surface area contributed by atoms with E-state index in [-0.39, 0.29) is 6.54 Å². The molecule has 0 radical (unpaired) electrons. The lowest BCUT2D eigenvalue weighted by atomic mass is 10.0. The minimum absolute atomic E-state index is 0.152. The Morgan fingerprint density at radius 2 is 2.11 bits per heavy atom. The number of rotatable bonds is 3. The van der Waals surface area contributed by atoms with Crippen LogP contribution in [0.25, 0.3) is 0 Å². The van der Waals surface area contributed by atoms with Crippen LogP contribution in [0.1, 0.15) is 16.8 Å². The first-order valence-electron chi connectivity index (χ1n) is 5.71. The van der Waals surface area contributed by atoms with Crippen molar-refractivity contribution in [2.24, 2.45) is 11.5 Å². The van der Waals surface area contributed by atoms with Crippen LogP contribution in [0, 0.1) is 0 Å². The Balaban J connectivity index is 2.37. The van der Waals surface area contributed by atoms with Gasteiger partial charge in [0, 0.05) is 17.6 Å². The molecule has 0 aliphatic carbocycles. The molecule has 0 spiro atoms. The molecule has 0 saturated carbocycles. The van der Waals surface area contributed by atoms with Gasteiger partial charge in [-0.3, -0.25) is 9.59 Å². The number of halogens is 1. The second-order valence-electron chi connectivity index (χ2n) is 4.63. The maximum Gasteiger partial charge on any atom is 0.325 e. The minimum Gasteiger partial charge on any atom is -0.480 e. The highest BCUT2D eigenvalue weighted by Gasteiger charge is 2.42. The summed E-state index contributed by atoms with van der Waals surface area (Å²) in [5, 5.41) is 9.12. The van der Waals surface area contributed by atoms with Gasteiger partial charge in [-0.1, -0.05) is 6.07 Å². The van der Waals surface area contributed by atoms with Crippen LogP contribution in [-0.4, -0.2) is 35.6 Å². The number of carboxylic acids is 1. The van der Waals surface area contributed by atoms with Crippen molar-refractivity contribution < 1.29 is 14.7 Å². The van der Waals surface area contributed by atoms with E-state index >= 15 is 0 Å².